The number of methoxy groups -OCH3 is 1. The third-order valence-electron chi connectivity index (χ3n) is 4.76. The van der Waals surface area contributed by atoms with Crippen molar-refractivity contribution in [1.82, 2.24) is 10.6 Å². The second kappa shape index (κ2) is 11.0. The van der Waals surface area contributed by atoms with Gasteiger partial charge in [0.05, 0.1) is 29.8 Å². The first-order valence-corrected chi connectivity index (χ1v) is 10.7. The molecule has 0 aliphatic rings. The molecular formula is C24H31ClN2O4. The van der Waals surface area contributed by atoms with E-state index >= 15 is 0 Å². The van der Waals surface area contributed by atoms with Gasteiger partial charge in [0, 0.05) is 0 Å². The van der Waals surface area contributed by atoms with E-state index in [0.29, 0.717) is 22.1 Å². The molecule has 0 radical (unpaired) electrons. The number of halogens is 1. The zero-order valence-electron chi connectivity index (χ0n) is 18.9. The second-order valence-electron chi connectivity index (χ2n) is 7.98. The minimum absolute atomic E-state index is 0.0189. The van der Waals surface area contributed by atoms with Crippen LogP contribution in [0.4, 0.5) is 0 Å². The van der Waals surface area contributed by atoms with E-state index in [1.54, 1.807) is 31.4 Å². The Bertz CT molecular complexity index is 914. The lowest BCUT2D eigenvalue weighted by Crippen LogP contribution is -2.50. The molecule has 2 rings (SSSR count). The number of hydrogen-bond acceptors (Lipinski definition) is 4. The van der Waals surface area contributed by atoms with Crippen LogP contribution in [0.1, 0.15) is 56.6 Å². The summed E-state index contributed by atoms with van der Waals surface area (Å²) in [6.07, 6.45) is 0.0189. The summed E-state index contributed by atoms with van der Waals surface area (Å²) in [6, 6.07) is 11.3. The summed E-state index contributed by atoms with van der Waals surface area (Å²) in [7, 11) is 1.58. The Hall–Kier alpha value is -2.73. The minimum Gasteiger partial charge on any atom is -0.493 e. The van der Waals surface area contributed by atoms with Gasteiger partial charge in [0.1, 0.15) is 6.04 Å². The molecule has 0 aromatic heterocycles. The van der Waals surface area contributed by atoms with Crippen LogP contribution in [0.25, 0.3) is 0 Å². The van der Waals surface area contributed by atoms with Crippen LogP contribution in [0.15, 0.2) is 42.5 Å². The molecule has 6 nitrogen and oxygen atoms in total. The Morgan fingerprint density at radius 2 is 1.61 bits per heavy atom. The normalized spacial score (nSPS) is 12.9. The van der Waals surface area contributed by atoms with Crippen molar-refractivity contribution in [3.8, 4) is 11.5 Å². The maximum absolute atomic E-state index is 13.0. The molecule has 168 valence electrons. The standard InChI is InChI=1S/C24H31ClN2O4/c1-14(2)22(27-23(28)18-9-7-8-10-19(18)25)24(29)26-16(5)17-11-12-20(31-15(3)4)21(13-17)30-6/h7-16,22H,1-6H3,(H,26,29)(H,27,28). The van der Waals surface area contributed by atoms with E-state index in [9.17, 15) is 9.59 Å². The van der Waals surface area contributed by atoms with Crippen molar-refractivity contribution >= 4 is 23.4 Å². The van der Waals surface area contributed by atoms with Gasteiger partial charge < -0.3 is 20.1 Å². The van der Waals surface area contributed by atoms with Crippen LogP contribution in [0, 0.1) is 5.92 Å². The van der Waals surface area contributed by atoms with E-state index < -0.39 is 6.04 Å². The van der Waals surface area contributed by atoms with Crippen molar-refractivity contribution < 1.29 is 19.1 Å². The first kappa shape index (κ1) is 24.5. The number of carbonyl (C=O) groups excluding carboxylic acids is 2. The molecule has 2 atom stereocenters. The van der Waals surface area contributed by atoms with Gasteiger partial charge in [-0.3, -0.25) is 9.59 Å². The van der Waals surface area contributed by atoms with Crippen LogP contribution in [-0.4, -0.2) is 31.1 Å². The molecule has 0 fully saturated rings. The molecule has 0 saturated heterocycles. The van der Waals surface area contributed by atoms with Crippen molar-refractivity contribution in [3.63, 3.8) is 0 Å². The Morgan fingerprint density at radius 1 is 0.935 bits per heavy atom. The molecule has 31 heavy (non-hydrogen) atoms. The fourth-order valence-electron chi connectivity index (χ4n) is 3.09. The van der Waals surface area contributed by atoms with Crippen LogP contribution >= 0.6 is 11.6 Å². The van der Waals surface area contributed by atoms with Gasteiger partial charge in [0.2, 0.25) is 5.91 Å². The van der Waals surface area contributed by atoms with Gasteiger partial charge in [-0.25, -0.2) is 0 Å². The van der Waals surface area contributed by atoms with Crippen molar-refractivity contribution in [3.05, 3.63) is 58.6 Å². The zero-order valence-corrected chi connectivity index (χ0v) is 19.6. The quantitative estimate of drug-likeness (QED) is 0.581. The summed E-state index contributed by atoms with van der Waals surface area (Å²) in [6.45, 7) is 9.52. The molecule has 2 N–H and O–H groups in total. The SMILES string of the molecule is COc1cc(C(C)NC(=O)C(NC(=O)c2ccccc2Cl)C(C)C)ccc1OC(C)C. The highest BCUT2D eigenvalue weighted by atomic mass is 35.5. The predicted octanol–water partition coefficient (Wildman–Crippen LogP) is 4.77. The molecule has 0 bridgehead atoms. The fourth-order valence-corrected chi connectivity index (χ4v) is 3.31. The minimum atomic E-state index is -0.711. The fraction of sp³-hybridized carbons (Fsp3) is 0.417. The molecule has 0 aliphatic carbocycles. The lowest BCUT2D eigenvalue weighted by molar-refractivity contribution is -0.124. The number of hydrogen-bond donors (Lipinski definition) is 2. The maximum atomic E-state index is 13.0. The largest absolute Gasteiger partial charge is 0.493 e. The lowest BCUT2D eigenvalue weighted by atomic mass is 10.0. The van der Waals surface area contributed by atoms with Crippen LogP contribution in [-0.2, 0) is 4.79 Å². The Labute approximate surface area is 189 Å². The van der Waals surface area contributed by atoms with E-state index in [2.05, 4.69) is 10.6 Å². The van der Waals surface area contributed by atoms with E-state index in [1.807, 2.05) is 52.8 Å². The number of amides is 2. The average molecular weight is 447 g/mol. The van der Waals surface area contributed by atoms with Gasteiger partial charge >= 0.3 is 0 Å². The molecule has 2 amide bonds. The van der Waals surface area contributed by atoms with Crippen LogP contribution in [0.3, 0.4) is 0 Å². The molecule has 2 unspecified atom stereocenters. The van der Waals surface area contributed by atoms with Crippen LogP contribution < -0.4 is 20.1 Å². The highest BCUT2D eigenvalue weighted by Gasteiger charge is 2.27. The van der Waals surface area contributed by atoms with Gasteiger partial charge in [-0.2, -0.15) is 0 Å². The lowest BCUT2D eigenvalue weighted by Gasteiger charge is -2.25. The van der Waals surface area contributed by atoms with Gasteiger partial charge in [0.15, 0.2) is 11.5 Å². The molecule has 0 heterocycles. The Kier molecular flexibility index (Phi) is 8.75. The smallest absolute Gasteiger partial charge is 0.253 e. The van der Waals surface area contributed by atoms with Gasteiger partial charge in [0.25, 0.3) is 5.91 Å². The number of rotatable bonds is 9. The van der Waals surface area contributed by atoms with Crippen LogP contribution in [0.2, 0.25) is 5.02 Å². The average Bonchev–Trinajstić information content (AvgIpc) is 2.71. The van der Waals surface area contributed by atoms with E-state index in [1.165, 1.54) is 0 Å². The monoisotopic (exact) mass is 446 g/mol. The first-order valence-electron chi connectivity index (χ1n) is 10.3. The van der Waals surface area contributed by atoms with Crippen molar-refractivity contribution in [2.24, 2.45) is 5.92 Å². The Balaban J connectivity index is 2.13. The summed E-state index contributed by atoms with van der Waals surface area (Å²) in [5.74, 6) is 0.467. The molecule has 2 aromatic carbocycles. The van der Waals surface area contributed by atoms with Gasteiger partial charge in [-0.1, -0.05) is 43.6 Å². The molecule has 0 saturated carbocycles. The van der Waals surface area contributed by atoms with E-state index in [-0.39, 0.29) is 29.9 Å². The molecule has 0 spiro atoms. The summed E-state index contributed by atoms with van der Waals surface area (Å²) in [5.41, 5.74) is 1.20. The predicted molar refractivity (Wildman–Crippen MR) is 123 cm³/mol. The molecule has 0 aliphatic heterocycles. The van der Waals surface area contributed by atoms with Gasteiger partial charge in [-0.05, 0) is 56.5 Å². The molecule has 2 aromatic rings. The summed E-state index contributed by atoms with van der Waals surface area (Å²) >= 11 is 6.12. The third-order valence-corrected chi connectivity index (χ3v) is 5.09. The van der Waals surface area contributed by atoms with Crippen LogP contribution in [0.5, 0.6) is 11.5 Å². The number of ether oxygens (including phenoxy) is 2. The maximum Gasteiger partial charge on any atom is 0.253 e. The Morgan fingerprint density at radius 3 is 2.19 bits per heavy atom. The van der Waals surface area contributed by atoms with E-state index in [4.69, 9.17) is 21.1 Å². The zero-order chi connectivity index (χ0) is 23.1. The molecule has 7 heteroatoms. The highest BCUT2D eigenvalue weighted by molar-refractivity contribution is 6.33. The van der Waals surface area contributed by atoms with Crippen molar-refractivity contribution in [1.29, 1.82) is 0 Å². The molecular weight excluding hydrogens is 416 g/mol. The summed E-state index contributed by atoms with van der Waals surface area (Å²) in [5, 5.41) is 6.12. The number of benzene rings is 2. The topological polar surface area (TPSA) is 76.7 Å². The number of nitrogens with one attached hydrogen (secondary N) is 2. The number of carbonyl (C=O) groups is 2. The third kappa shape index (κ3) is 6.62. The van der Waals surface area contributed by atoms with E-state index in [0.717, 1.165) is 5.56 Å². The van der Waals surface area contributed by atoms with Gasteiger partial charge in [-0.15, -0.1) is 0 Å². The summed E-state index contributed by atoms with van der Waals surface area (Å²) < 4.78 is 11.2. The first-order chi connectivity index (χ1) is 14.6. The highest BCUT2D eigenvalue weighted by Crippen LogP contribution is 2.31. The van der Waals surface area contributed by atoms with Crippen molar-refractivity contribution in [2.75, 3.05) is 7.11 Å². The second-order valence-corrected chi connectivity index (χ2v) is 8.39. The van der Waals surface area contributed by atoms with Crippen molar-refractivity contribution in [2.45, 2.75) is 52.8 Å². The summed E-state index contributed by atoms with van der Waals surface area (Å²) in [4.78, 5) is 25.6.